The molecule has 1 aliphatic heterocycles. The van der Waals surface area contributed by atoms with Crippen molar-refractivity contribution in [2.45, 2.75) is 13.2 Å². The summed E-state index contributed by atoms with van der Waals surface area (Å²) in [7, 11) is 0. The molecule has 2 aromatic carbocycles. The smallest absolute Gasteiger partial charge is 0.231 e. The summed E-state index contributed by atoms with van der Waals surface area (Å²) < 4.78 is 29.7. The van der Waals surface area contributed by atoms with Crippen molar-refractivity contribution in [3.8, 4) is 17.2 Å². The van der Waals surface area contributed by atoms with Gasteiger partial charge in [0.05, 0.1) is 0 Å². The van der Waals surface area contributed by atoms with E-state index >= 15 is 0 Å². The highest BCUT2D eigenvalue weighted by Gasteiger charge is 2.13. The van der Waals surface area contributed by atoms with Crippen LogP contribution in [0.15, 0.2) is 36.4 Å². The molecule has 0 saturated heterocycles. The van der Waals surface area contributed by atoms with Crippen molar-refractivity contribution in [2.24, 2.45) is 5.73 Å². The van der Waals surface area contributed by atoms with Gasteiger partial charge in [-0.05, 0) is 35.4 Å². The molecule has 0 saturated carbocycles. The number of halogens is 1. The molecule has 5 heteroatoms. The molecule has 4 nitrogen and oxygen atoms in total. The van der Waals surface area contributed by atoms with Crippen molar-refractivity contribution in [3.05, 3.63) is 53.3 Å². The molecule has 0 bridgehead atoms. The Labute approximate surface area is 115 Å². The van der Waals surface area contributed by atoms with E-state index in [1.54, 1.807) is 12.1 Å². The van der Waals surface area contributed by atoms with Gasteiger partial charge in [-0.1, -0.05) is 12.1 Å². The molecule has 1 heterocycles. The van der Waals surface area contributed by atoms with Crippen molar-refractivity contribution in [3.63, 3.8) is 0 Å². The van der Waals surface area contributed by atoms with Crippen molar-refractivity contribution >= 4 is 0 Å². The third-order valence-electron chi connectivity index (χ3n) is 3.06. The Hall–Kier alpha value is -2.27. The van der Waals surface area contributed by atoms with Gasteiger partial charge in [0.2, 0.25) is 6.79 Å². The van der Waals surface area contributed by atoms with Gasteiger partial charge in [0.25, 0.3) is 0 Å². The van der Waals surface area contributed by atoms with Gasteiger partial charge in [-0.3, -0.25) is 0 Å². The second kappa shape index (κ2) is 5.38. The third-order valence-corrected chi connectivity index (χ3v) is 3.06. The second-order valence-corrected chi connectivity index (χ2v) is 4.45. The fraction of sp³-hybridized carbons (Fsp3) is 0.200. The zero-order chi connectivity index (χ0) is 13.9. The van der Waals surface area contributed by atoms with Gasteiger partial charge in [0.1, 0.15) is 6.61 Å². The topological polar surface area (TPSA) is 53.7 Å². The third kappa shape index (κ3) is 2.53. The largest absolute Gasteiger partial charge is 0.486 e. The number of nitrogens with two attached hydrogens (primary N) is 1. The Balaban J connectivity index is 1.70. The minimum absolute atomic E-state index is 0.208. The van der Waals surface area contributed by atoms with E-state index in [9.17, 15) is 4.39 Å². The predicted octanol–water partition coefficient (Wildman–Crippen LogP) is 2.59. The normalized spacial score (nSPS) is 12.5. The SMILES string of the molecule is NCc1ccc(OCc2ccc3c(c2)OCO3)c(F)c1. The maximum absolute atomic E-state index is 13.7. The van der Waals surface area contributed by atoms with Gasteiger partial charge < -0.3 is 19.9 Å². The lowest BCUT2D eigenvalue weighted by molar-refractivity contribution is 0.174. The molecule has 104 valence electrons. The van der Waals surface area contributed by atoms with Crippen molar-refractivity contribution in [1.82, 2.24) is 0 Å². The van der Waals surface area contributed by atoms with Crippen LogP contribution >= 0.6 is 0 Å². The standard InChI is InChI=1S/C15H14FNO3/c16-12-5-10(7-17)1-3-13(12)18-8-11-2-4-14-15(6-11)20-9-19-14/h1-6H,7-9,17H2. The highest BCUT2D eigenvalue weighted by Crippen LogP contribution is 2.32. The molecule has 0 amide bonds. The quantitative estimate of drug-likeness (QED) is 0.931. The molecule has 20 heavy (non-hydrogen) atoms. The Kier molecular flexibility index (Phi) is 3.43. The maximum Gasteiger partial charge on any atom is 0.231 e. The van der Waals surface area contributed by atoms with Gasteiger partial charge in [-0.15, -0.1) is 0 Å². The monoisotopic (exact) mass is 275 g/mol. The number of fused-ring (bicyclic) bond motifs is 1. The first-order valence-electron chi connectivity index (χ1n) is 6.26. The van der Waals surface area contributed by atoms with E-state index in [1.165, 1.54) is 6.07 Å². The maximum atomic E-state index is 13.7. The van der Waals surface area contributed by atoms with Gasteiger partial charge in [-0.25, -0.2) is 4.39 Å². The van der Waals surface area contributed by atoms with Crippen LogP contribution < -0.4 is 19.9 Å². The van der Waals surface area contributed by atoms with Gasteiger partial charge in [0.15, 0.2) is 23.1 Å². The van der Waals surface area contributed by atoms with E-state index in [4.69, 9.17) is 19.9 Å². The predicted molar refractivity (Wildman–Crippen MR) is 71.2 cm³/mol. The molecule has 0 aromatic heterocycles. The average molecular weight is 275 g/mol. The van der Waals surface area contributed by atoms with Gasteiger partial charge in [-0.2, -0.15) is 0 Å². The molecular weight excluding hydrogens is 261 g/mol. The summed E-state index contributed by atoms with van der Waals surface area (Å²) in [6, 6.07) is 10.2. The second-order valence-electron chi connectivity index (χ2n) is 4.45. The number of rotatable bonds is 4. The highest BCUT2D eigenvalue weighted by atomic mass is 19.1. The van der Waals surface area contributed by atoms with E-state index in [0.717, 1.165) is 11.1 Å². The lowest BCUT2D eigenvalue weighted by atomic mass is 10.2. The van der Waals surface area contributed by atoms with Crippen LogP contribution in [-0.2, 0) is 13.2 Å². The van der Waals surface area contributed by atoms with Crippen LogP contribution in [0.3, 0.4) is 0 Å². The van der Waals surface area contributed by atoms with E-state index < -0.39 is 5.82 Å². The van der Waals surface area contributed by atoms with Crippen LogP contribution in [0.4, 0.5) is 4.39 Å². The van der Waals surface area contributed by atoms with Crippen LogP contribution in [-0.4, -0.2) is 6.79 Å². The van der Waals surface area contributed by atoms with E-state index in [-0.39, 0.29) is 19.1 Å². The van der Waals surface area contributed by atoms with Crippen LogP contribution in [0.1, 0.15) is 11.1 Å². The fourth-order valence-corrected chi connectivity index (χ4v) is 1.98. The lowest BCUT2D eigenvalue weighted by Gasteiger charge is -2.09. The summed E-state index contributed by atoms with van der Waals surface area (Å²) in [5.74, 6) is 1.20. The van der Waals surface area contributed by atoms with Crippen molar-refractivity contribution in [2.75, 3.05) is 6.79 Å². The lowest BCUT2D eigenvalue weighted by Crippen LogP contribution is -2.00. The number of ether oxygens (including phenoxy) is 3. The first kappa shape index (κ1) is 12.7. The summed E-state index contributed by atoms with van der Waals surface area (Å²) in [5.41, 5.74) is 7.07. The summed E-state index contributed by atoms with van der Waals surface area (Å²) in [4.78, 5) is 0. The molecule has 0 unspecified atom stereocenters. The van der Waals surface area contributed by atoms with Crippen molar-refractivity contribution in [1.29, 1.82) is 0 Å². The Morgan fingerprint density at radius 2 is 1.85 bits per heavy atom. The van der Waals surface area contributed by atoms with Gasteiger partial charge >= 0.3 is 0 Å². The minimum atomic E-state index is -0.409. The molecule has 0 atom stereocenters. The Morgan fingerprint density at radius 3 is 2.65 bits per heavy atom. The first-order chi connectivity index (χ1) is 9.76. The summed E-state index contributed by atoms with van der Waals surface area (Å²) in [5, 5.41) is 0. The molecule has 2 N–H and O–H groups in total. The summed E-state index contributed by atoms with van der Waals surface area (Å²) >= 11 is 0. The van der Waals surface area contributed by atoms with E-state index in [0.29, 0.717) is 18.0 Å². The Bertz CT molecular complexity index is 631. The van der Waals surface area contributed by atoms with E-state index in [2.05, 4.69) is 0 Å². The molecule has 0 radical (unpaired) electrons. The molecule has 1 aliphatic rings. The number of benzene rings is 2. The highest BCUT2D eigenvalue weighted by molar-refractivity contribution is 5.44. The van der Waals surface area contributed by atoms with Crippen LogP contribution in [0.2, 0.25) is 0 Å². The molecule has 0 spiro atoms. The van der Waals surface area contributed by atoms with E-state index in [1.807, 2.05) is 18.2 Å². The van der Waals surface area contributed by atoms with Crippen molar-refractivity contribution < 1.29 is 18.6 Å². The van der Waals surface area contributed by atoms with Crippen LogP contribution in [0, 0.1) is 5.82 Å². The minimum Gasteiger partial charge on any atom is -0.486 e. The van der Waals surface area contributed by atoms with Crippen LogP contribution in [0.5, 0.6) is 17.2 Å². The zero-order valence-corrected chi connectivity index (χ0v) is 10.8. The number of hydrogen-bond donors (Lipinski definition) is 1. The molecule has 0 aliphatic carbocycles. The fourth-order valence-electron chi connectivity index (χ4n) is 1.98. The average Bonchev–Trinajstić information content (AvgIpc) is 2.93. The zero-order valence-electron chi connectivity index (χ0n) is 10.8. The summed E-state index contributed by atoms with van der Waals surface area (Å²) in [6.07, 6.45) is 0. The first-order valence-corrected chi connectivity index (χ1v) is 6.26. The van der Waals surface area contributed by atoms with Gasteiger partial charge in [0, 0.05) is 6.54 Å². The Morgan fingerprint density at radius 1 is 1.05 bits per heavy atom. The molecular formula is C15H14FNO3. The van der Waals surface area contributed by atoms with Crippen LogP contribution in [0.25, 0.3) is 0 Å². The molecule has 3 rings (SSSR count). The summed E-state index contributed by atoms with van der Waals surface area (Å²) in [6.45, 7) is 0.795. The molecule has 0 fully saturated rings. The molecule has 2 aromatic rings. The number of hydrogen-bond acceptors (Lipinski definition) is 4.